The fraction of sp³-hybridized carbons (Fsp3) is 0.286. The highest BCUT2D eigenvalue weighted by Gasteiger charge is 2.25. The number of nitrogens with two attached hydrogens (primary N) is 1. The van der Waals surface area contributed by atoms with Crippen LogP contribution in [0.1, 0.15) is 42.1 Å². The summed E-state index contributed by atoms with van der Waals surface area (Å²) in [6.07, 6.45) is 8.66. The molecule has 4 N–H and O–H groups in total. The number of pyridine rings is 1. The number of benzene rings is 1. The van der Waals surface area contributed by atoms with Crippen molar-refractivity contribution >= 4 is 17.5 Å². The van der Waals surface area contributed by atoms with E-state index in [0.29, 0.717) is 5.69 Å². The van der Waals surface area contributed by atoms with Gasteiger partial charge in [-0.2, -0.15) is 5.10 Å². The molecule has 1 aliphatic rings. The normalized spacial score (nSPS) is 19.3. The van der Waals surface area contributed by atoms with Crippen molar-refractivity contribution in [3.8, 4) is 11.1 Å². The molecule has 0 spiro atoms. The molecule has 7 heteroatoms. The molecule has 1 aromatic carbocycles. The summed E-state index contributed by atoms with van der Waals surface area (Å²) in [4.78, 5) is 15.7. The summed E-state index contributed by atoms with van der Waals surface area (Å²) < 4.78 is 1.98. The van der Waals surface area contributed by atoms with Gasteiger partial charge in [0.25, 0.3) is 0 Å². The lowest BCUT2D eigenvalue weighted by molar-refractivity contribution is 0.0698. The third-order valence-electron chi connectivity index (χ3n) is 5.27. The van der Waals surface area contributed by atoms with Gasteiger partial charge in [-0.1, -0.05) is 30.3 Å². The monoisotopic (exact) mass is 377 g/mol. The Morgan fingerprint density at radius 2 is 1.86 bits per heavy atom. The summed E-state index contributed by atoms with van der Waals surface area (Å²) in [6, 6.07) is 11.9. The maximum Gasteiger partial charge on any atom is 0.337 e. The van der Waals surface area contributed by atoms with Crippen molar-refractivity contribution < 1.29 is 9.90 Å². The molecular formula is C21H23N5O2. The number of carboxylic acids is 1. The minimum atomic E-state index is -0.999. The molecule has 4 rings (SSSR count). The van der Waals surface area contributed by atoms with E-state index in [4.69, 9.17) is 5.73 Å². The predicted molar refractivity (Wildman–Crippen MR) is 108 cm³/mol. The second-order valence-corrected chi connectivity index (χ2v) is 7.14. The zero-order chi connectivity index (χ0) is 19.5. The van der Waals surface area contributed by atoms with Crippen LogP contribution in [0.4, 0.5) is 11.5 Å². The number of aromatic carboxylic acids is 1. The SMILES string of the molecule is N[C@H]1CC[C@@H](n2ncc(-c3ccccc3)c2Nc2cnccc2C(=O)O)CC1. The van der Waals surface area contributed by atoms with Gasteiger partial charge in [0.2, 0.25) is 0 Å². The number of hydrogen-bond donors (Lipinski definition) is 3. The topological polar surface area (TPSA) is 106 Å². The van der Waals surface area contributed by atoms with E-state index in [0.717, 1.165) is 42.6 Å². The maximum absolute atomic E-state index is 11.6. The van der Waals surface area contributed by atoms with E-state index in [1.54, 1.807) is 0 Å². The number of nitrogens with zero attached hydrogens (tertiary/aromatic N) is 3. The molecular weight excluding hydrogens is 354 g/mol. The average Bonchev–Trinajstić information content (AvgIpc) is 3.13. The number of anilines is 2. The van der Waals surface area contributed by atoms with Crippen LogP contribution in [0.3, 0.4) is 0 Å². The van der Waals surface area contributed by atoms with Crippen LogP contribution in [0, 0.1) is 0 Å². The van der Waals surface area contributed by atoms with Gasteiger partial charge in [-0.15, -0.1) is 0 Å². The molecule has 1 saturated carbocycles. The highest BCUT2D eigenvalue weighted by molar-refractivity contribution is 5.95. The van der Waals surface area contributed by atoms with Gasteiger partial charge in [0.1, 0.15) is 5.82 Å². The van der Waals surface area contributed by atoms with Crippen molar-refractivity contribution in [1.29, 1.82) is 0 Å². The molecule has 0 amide bonds. The lowest BCUT2D eigenvalue weighted by Crippen LogP contribution is -2.28. The van der Waals surface area contributed by atoms with Crippen molar-refractivity contribution in [2.24, 2.45) is 5.73 Å². The van der Waals surface area contributed by atoms with Gasteiger partial charge in [-0.3, -0.25) is 4.98 Å². The van der Waals surface area contributed by atoms with E-state index in [1.165, 1.54) is 18.5 Å². The maximum atomic E-state index is 11.6. The van der Waals surface area contributed by atoms with E-state index in [-0.39, 0.29) is 17.6 Å². The quantitative estimate of drug-likeness (QED) is 0.624. The van der Waals surface area contributed by atoms with Crippen molar-refractivity contribution in [2.75, 3.05) is 5.32 Å². The van der Waals surface area contributed by atoms with E-state index < -0.39 is 5.97 Å². The Balaban J connectivity index is 1.77. The molecule has 2 aromatic heterocycles. The minimum absolute atomic E-state index is 0.174. The molecule has 0 aliphatic heterocycles. The van der Waals surface area contributed by atoms with Gasteiger partial charge in [0.15, 0.2) is 0 Å². The van der Waals surface area contributed by atoms with E-state index in [2.05, 4.69) is 15.4 Å². The second-order valence-electron chi connectivity index (χ2n) is 7.14. The number of hydrogen-bond acceptors (Lipinski definition) is 5. The van der Waals surface area contributed by atoms with Gasteiger partial charge in [-0.25, -0.2) is 9.48 Å². The number of carboxylic acid groups (broad SMARTS) is 1. The Hall–Kier alpha value is -3.19. The van der Waals surface area contributed by atoms with Gasteiger partial charge < -0.3 is 16.2 Å². The lowest BCUT2D eigenvalue weighted by Gasteiger charge is -2.28. The summed E-state index contributed by atoms with van der Waals surface area (Å²) in [5.41, 5.74) is 8.63. The first-order chi connectivity index (χ1) is 13.6. The Morgan fingerprint density at radius 3 is 2.57 bits per heavy atom. The standard InChI is InChI=1S/C21H23N5O2/c22-15-6-8-16(9-7-15)26-20(18(12-24-26)14-4-2-1-3-5-14)25-19-13-23-11-10-17(19)21(27)28/h1-5,10-13,15-16,25H,6-9,22H2,(H,27,28)/t15-,16+. The number of carbonyl (C=O) groups is 1. The highest BCUT2D eigenvalue weighted by atomic mass is 16.4. The van der Waals surface area contributed by atoms with E-state index >= 15 is 0 Å². The predicted octanol–water partition coefficient (Wildman–Crippen LogP) is 3.83. The largest absolute Gasteiger partial charge is 0.478 e. The van der Waals surface area contributed by atoms with Crippen molar-refractivity contribution in [1.82, 2.24) is 14.8 Å². The molecule has 144 valence electrons. The Labute approximate surface area is 163 Å². The van der Waals surface area contributed by atoms with Gasteiger partial charge in [0.05, 0.1) is 29.7 Å². The molecule has 2 heterocycles. The van der Waals surface area contributed by atoms with Crippen LogP contribution >= 0.6 is 0 Å². The summed E-state index contributed by atoms with van der Waals surface area (Å²) in [5, 5.41) is 17.5. The van der Waals surface area contributed by atoms with Crippen LogP contribution in [-0.4, -0.2) is 31.9 Å². The Bertz CT molecular complexity index is 962. The molecule has 0 atom stereocenters. The lowest BCUT2D eigenvalue weighted by atomic mass is 9.92. The third-order valence-corrected chi connectivity index (χ3v) is 5.27. The zero-order valence-corrected chi connectivity index (χ0v) is 15.5. The summed E-state index contributed by atoms with van der Waals surface area (Å²) in [5.74, 6) is -0.219. The molecule has 28 heavy (non-hydrogen) atoms. The average molecular weight is 377 g/mol. The molecule has 0 saturated heterocycles. The third kappa shape index (κ3) is 3.61. The van der Waals surface area contributed by atoms with Crippen LogP contribution in [0.25, 0.3) is 11.1 Å². The smallest absolute Gasteiger partial charge is 0.337 e. The molecule has 1 fully saturated rings. The molecule has 0 bridgehead atoms. The van der Waals surface area contributed by atoms with Crippen molar-refractivity contribution in [2.45, 2.75) is 37.8 Å². The van der Waals surface area contributed by atoms with Crippen LogP contribution < -0.4 is 11.1 Å². The first-order valence-corrected chi connectivity index (χ1v) is 9.46. The van der Waals surface area contributed by atoms with Gasteiger partial charge in [0, 0.05) is 17.8 Å². The first kappa shape index (κ1) is 18.2. The van der Waals surface area contributed by atoms with E-state index in [1.807, 2.05) is 41.2 Å². The highest BCUT2D eigenvalue weighted by Crippen LogP contribution is 2.37. The zero-order valence-electron chi connectivity index (χ0n) is 15.5. The molecule has 0 radical (unpaired) electrons. The van der Waals surface area contributed by atoms with Crippen molar-refractivity contribution in [3.63, 3.8) is 0 Å². The molecule has 0 unspecified atom stereocenters. The fourth-order valence-corrected chi connectivity index (χ4v) is 3.75. The van der Waals surface area contributed by atoms with Crippen LogP contribution in [0.2, 0.25) is 0 Å². The number of rotatable bonds is 5. The molecule has 7 nitrogen and oxygen atoms in total. The first-order valence-electron chi connectivity index (χ1n) is 9.46. The molecule has 1 aliphatic carbocycles. The van der Waals surface area contributed by atoms with Crippen LogP contribution in [0.15, 0.2) is 55.0 Å². The van der Waals surface area contributed by atoms with Gasteiger partial charge >= 0.3 is 5.97 Å². The number of aromatic nitrogens is 3. The summed E-state index contributed by atoms with van der Waals surface area (Å²) in [7, 11) is 0. The molecule has 3 aromatic rings. The second kappa shape index (κ2) is 7.82. The van der Waals surface area contributed by atoms with Crippen molar-refractivity contribution in [3.05, 3.63) is 60.6 Å². The van der Waals surface area contributed by atoms with Gasteiger partial charge in [-0.05, 0) is 37.3 Å². The summed E-state index contributed by atoms with van der Waals surface area (Å²) in [6.45, 7) is 0. The summed E-state index contributed by atoms with van der Waals surface area (Å²) >= 11 is 0. The minimum Gasteiger partial charge on any atom is -0.478 e. The van der Waals surface area contributed by atoms with Crippen LogP contribution in [0.5, 0.6) is 0 Å². The Kier molecular flexibility index (Phi) is 5.08. The van der Waals surface area contributed by atoms with Crippen LogP contribution in [-0.2, 0) is 0 Å². The fourth-order valence-electron chi connectivity index (χ4n) is 3.75. The Morgan fingerprint density at radius 1 is 1.11 bits per heavy atom. The van der Waals surface area contributed by atoms with E-state index in [9.17, 15) is 9.90 Å². The number of nitrogens with one attached hydrogen (secondary N) is 1.